The van der Waals surface area contributed by atoms with E-state index in [4.69, 9.17) is 0 Å². The van der Waals surface area contributed by atoms with Crippen molar-refractivity contribution in [3.8, 4) is 5.69 Å². The summed E-state index contributed by atoms with van der Waals surface area (Å²) in [5.41, 5.74) is 4.97. The van der Waals surface area contributed by atoms with E-state index in [9.17, 15) is 4.79 Å². The monoisotopic (exact) mass is 379 g/mol. The molecule has 0 bridgehead atoms. The van der Waals surface area contributed by atoms with Gasteiger partial charge in [-0.15, -0.1) is 0 Å². The summed E-state index contributed by atoms with van der Waals surface area (Å²) < 4.78 is 1.72. The minimum absolute atomic E-state index is 0.253. The van der Waals surface area contributed by atoms with Crippen molar-refractivity contribution in [2.45, 2.75) is 6.92 Å². The lowest BCUT2D eigenvalue weighted by Gasteiger charge is -2.10. The third kappa shape index (κ3) is 3.10. The molecular formula is C23H17N5O. The van der Waals surface area contributed by atoms with Crippen LogP contribution in [0.3, 0.4) is 0 Å². The van der Waals surface area contributed by atoms with Gasteiger partial charge in [-0.3, -0.25) is 4.79 Å². The van der Waals surface area contributed by atoms with Crippen molar-refractivity contribution < 1.29 is 4.79 Å². The van der Waals surface area contributed by atoms with E-state index < -0.39 is 0 Å². The van der Waals surface area contributed by atoms with Crippen LogP contribution < -0.4 is 5.32 Å². The van der Waals surface area contributed by atoms with E-state index in [1.165, 1.54) is 0 Å². The number of hydrogen-bond donors (Lipinski definition) is 1. The first-order valence-electron chi connectivity index (χ1n) is 9.28. The highest BCUT2D eigenvalue weighted by molar-refractivity contribution is 6.11. The summed E-state index contributed by atoms with van der Waals surface area (Å²) in [5.74, 6) is 0.349. The molecule has 0 unspecified atom stereocenters. The maximum atomic E-state index is 13.1. The summed E-state index contributed by atoms with van der Waals surface area (Å²) in [6.45, 7) is 1.89. The lowest BCUT2D eigenvalue weighted by molar-refractivity contribution is 0.102. The summed E-state index contributed by atoms with van der Waals surface area (Å²) in [5, 5.41) is 7.48. The third-order valence-corrected chi connectivity index (χ3v) is 4.69. The maximum Gasteiger partial charge on any atom is 0.259 e. The summed E-state index contributed by atoms with van der Waals surface area (Å²) in [4.78, 5) is 22.5. The first-order chi connectivity index (χ1) is 14.2. The topological polar surface area (TPSA) is 72.7 Å². The lowest BCUT2D eigenvalue weighted by atomic mass is 10.1. The Balaban J connectivity index is 1.57. The average molecular weight is 379 g/mol. The van der Waals surface area contributed by atoms with E-state index >= 15 is 0 Å². The second kappa shape index (κ2) is 6.83. The zero-order valence-electron chi connectivity index (χ0n) is 15.7. The smallest absolute Gasteiger partial charge is 0.259 e. The van der Waals surface area contributed by atoms with Crippen LogP contribution in [0.4, 0.5) is 5.82 Å². The summed E-state index contributed by atoms with van der Waals surface area (Å²) >= 11 is 0. The molecule has 0 atom stereocenters. The third-order valence-electron chi connectivity index (χ3n) is 4.69. The molecule has 0 radical (unpaired) electrons. The number of fused-ring (bicyclic) bond motifs is 2. The molecular weight excluding hydrogens is 362 g/mol. The predicted octanol–water partition coefficient (Wildman–Crippen LogP) is 4.53. The first kappa shape index (κ1) is 17.1. The lowest BCUT2D eigenvalue weighted by Crippen LogP contribution is -2.16. The second-order valence-corrected chi connectivity index (χ2v) is 6.76. The Bertz CT molecular complexity index is 1360. The zero-order chi connectivity index (χ0) is 19.8. The highest BCUT2D eigenvalue weighted by Crippen LogP contribution is 2.22. The molecule has 140 valence electrons. The van der Waals surface area contributed by atoms with Gasteiger partial charge in [-0.2, -0.15) is 5.10 Å². The molecule has 5 rings (SSSR count). The van der Waals surface area contributed by atoms with Gasteiger partial charge in [-0.25, -0.2) is 14.6 Å². The van der Waals surface area contributed by atoms with Gasteiger partial charge in [-0.1, -0.05) is 36.4 Å². The minimum Gasteiger partial charge on any atom is -0.306 e. The Hall–Kier alpha value is -4.06. The molecule has 0 fully saturated rings. The van der Waals surface area contributed by atoms with E-state index in [0.717, 1.165) is 22.4 Å². The Labute approximate surface area is 166 Å². The fourth-order valence-corrected chi connectivity index (χ4v) is 3.36. The number of aromatic nitrogens is 4. The van der Waals surface area contributed by atoms with Gasteiger partial charge in [-0.05, 0) is 43.3 Å². The molecule has 0 aliphatic heterocycles. The van der Waals surface area contributed by atoms with E-state index in [-0.39, 0.29) is 5.91 Å². The molecule has 3 aromatic carbocycles. The van der Waals surface area contributed by atoms with Crippen LogP contribution in [0.15, 0.2) is 78.9 Å². The Morgan fingerprint density at radius 1 is 0.828 bits per heavy atom. The number of hydrogen-bond acceptors (Lipinski definition) is 4. The van der Waals surface area contributed by atoms with E-state index in [1.807, 2.05) is 79.7 Å². The SMILES string of the molecule is Cc1cc(NC(=O)c2cccc3nc4ccccc4nc23)n(-c2ccccc2)n1. The number of amides is 1. The van der Waals surface area contributed by atoms with Crippen molar-refractivity contribution in [2.24, 2.45) is 0 Å². The number of carbonyl (C=O) groups excluding carboxylic acids is 1. The zero-order valence-corrected chi connectivity index (χ0v) is 15.7. The molecule has 0 spiro atoms. The van der Waals surface area contributed by atoms with Crippen molar-refractivity contribution in [2.75, 3.05) is 5.32 Å². The number of nitrogens with zero attached hydrogens (tertiary/aromatic N) is 4. The van der Waals surface area contributed by atoms with Crippen LogP contribution in [0, 0.1) is 6.92 Å². The molecule has 2 aromatic heterocycles. The summed E-state index contributed by atoms with van der Waals surface area (Å²) in [6, 6.07) is 24.6. The number of nitrogens with one attached hydrogen (secondary N) is 1. The van der Waals surface area contributed by atoms with Crippen LogP contribution in [0.5, 0.6) is 0 Å². The van der Waals surface area contributed by atoms with Crippen molar-refractivity contribution in [3.05, 3.63) is 90.1 Å². The molecule has 0 saturated heterocycles. The fraction of sp³-hybridized carbons (Fsp3) is 0.0435. The summed E-state index contributed by atoms with van der Waals surface area (Å²) in [7, 11) is 0. The predicted molar refractivity (Wildman–Crippen MR) is 113 cm³/mol. The number of anilines is 1. The van der Waals surface area contributed by atoms with Crippen molar-refractivity contribution in [1.29, 1.82) is 0 Å². The van der Waals surface area contributed by atoms with Crippen LogP contribution in [0.25, 0.3) is 27.8 Å². The molecule has 1 amide bonds. The van der Waals surface area contributed by atoms with Gasteiger partial charge in [0.15, 0.2) is 0 Å². The van der Waals surface area contributed by atoms with Gasteiger partial charge in [0.1, 0.15) is 11.3 Å². The summed E-state index contributed by atoms with van der Waals surface area (Å²) in [6.07, 6.45) is 0. The fourth-order valence-electron chi connectivity index (χ4n) is 3.36. The average Bonchev–Trinajstić information content (AvgIpc) is 3.12. The Kier molecular flexibility index (Phi) is 4.02. The second-order valence-electron chi connectivity index (χ2n) is 6.76. The van der Waals surface area contributed by atoms with Crippen molar-refractivity contribution in [3.63, 3.8) is 0 Å². The van der Waals surface area contributed by atoms with Crippen LogP contribution in [0.2, 0.25) is 0 Å². The number of benzene rings is 3. The largest absolute Gasteiger partial charge is 0.306 e. The Morgan fingerprint density at radius 3 is 2.31 bits per heavy atom. The highest BCUT2D eigenvalue weighted by Gasteiger charge is 2.16. The Morgan fingerprint density at radius 2 is 1.52 bits per heavy atom. The van der Waals surface area contributed by atoms with E-state index in [2.05, 4.69) is 20.4 Å². The molecule has 6 nitrogen and oxygen atoms in total. The van der Waals surface area contributed by atoms with Crippen molar-refractivity contribution >= 4 is 33.8 Å². The highest BCUT2D eigenvalue weighted by atomic mass is 16.1. The van der Waals surface area contributed by atoms with Crippen LogP contribution in [-0.4, -0.2) is 25.7 Å². The maximum absolute atomic E-state index is 13.1. The van der Waals surface area contributed by atoms with E-state index in [1.54, 1.807) is 10.7 Å². The van der Waals surface area contributed by atoms with Crippen molar-refractivity contribution in [1.82, 2.24) is 19.7 Å². The molecule has 2 heterocycles. The molecule has 6 heteroatoms. The first-order valence-corrected chi connectivity index (χ1v) is 9.28. The van der Waals surface area contributed by atoms with Gasteiger partial charge >= 0.3 is 0 Å². The number of carbonyl (C=O) groups is 1. The minimum atomic E-state index is -0.253. The number of aryl methyl sites for hydroxylation is 1. The van der Waals surface area contributed by atoms with E-state index in [0.29, 0.717) is 22.4 Å². The number of para-hydroxylation sites is 4. The molecule has 5 aromatic rings. The quantitative estimate of drug-likeness (QED) is 0.468. The molecule has 0 saturated carbocycles. The van der Waals surface area contributed by atoms with Gasteiger partial charge in [0.25, 0.3) is 5.91 Å². The molecule has 0 aliphatic carbocycles. The van der Waals surface area contributed by atoms with Gasteiger partial charge in [0.2, 0.25) is 0 Å². The molecule has 29 heavy (non-hydrogen) atoms. The van der Waals surface area contributed by atoms with Crippen LogP contribution in [0.1, 0.15) is 16.1 Å². The van der Waals surface area contributed by atoms with Crippen LogP contribution in [-0.2, 0) is 0 Å². The van der Waals surface area contributed by atoms with Crippen LogP contribution >= 0.6 is 0 Å². The normalized spacial score (nSPS) is 11.1. The number of rotatable bonds is 3. The standard InChI is InChI=1S/C23H17N5O/c1-15-14-21(28(27-15)16-8-3-2-4-9-16)26-23(29)17-10-7-13-20-22(17)25-19-12-6-5-11-18(19)24-20/h2-14H,1H3,(H,26,29). The van der Waals surface area contributed by atoms with Gasteiger partial charge in [0, 0.05) is 6.07 Å². The van der Waals surface area contributed by atoms with Gasteiger partial charge in [0.05, 0.1) is 33.5 Å². The van der Waals surface area contributed by atoms with Gasteiger partial charge < -0.3 is 5.32 Å². The molecule has 1 N–H and O–H groups in total. The molecule has 0 aliphatic rings.